The molecule has 0 amide bonds. The molecular formula is C12H16O5S. The highest BCUT2D eigenvalue weighted by Crippen LogP contribution is 2.15. The molecule has 6 heteroatoms. The summed E-state index contributed by atoms with van der Waals surface area (Å²) in [7, 11) is -3.44. The maximum absolute atomic E-state index is 11.9. The number of hydrogen-bond acceptors (Lipinski definition) is 4. The van der Waals surface area contributed by atoms with Crippen LogP contribution in [0.2, 0.25) is 0 Å². The van der Waals surface area contributed by atoms with Crippen LogP contribution >= 0.6 is 0 Å². The van der Waals surface area contributed by atoms with E-state index in [1.165, 1.54) is 24.3 Å². The maximum atomic E-state index is 11.9. The second-order valence-electron chi connectivity index (χ2n) is 3.94. The van der Waals surface area contributed by atoms with Crippen LogP contribution in [0.3, 0.4) is 0 Å². The summed E-state index contributed by atoms with van der Waals surface area (Å²) in [5, 5.41) is 17.4. The molecule has 1 aromatic carbocycles. The van der Waals surface area contributed by atoms with Gasteiger partial charge in [-0.2, -0.15) is 0 Å². The number of carboxylic acids is 1. The van der Waals surface area contributed by atoms with Gasteiger partial charge in [-0.15, -0.1) is 0 Å². The van der Waals surface area contributed by atoms with Crippen molar-refractivity contribution in [1.29, 1.82) is 0 Å². The van der Waals surface area contributed by atoms with Crippen LogP contribution in [0.15, 0.2) is 29.2 Å². The molecule has 100 valence electrons. The van der Waals surface area contributed by atoms with Gasteiger partial charge in [-0.25, -0.2) is 13.2 Å². The first-order valence-electron chi connectivity index (χ1n) is 5.64. The SMILES string of the molecule is O=C(O)c1cccc(S(=O)(=O)CCCCCO)c1. The molecule has 0 saturated heterocycles. The van der Waals surface area contributed by atoms with E-state index in [1.807, 2.05) is 0 Å². The third-order valence-corrected chi connectivity index (χ3v) is 4.31. The summed E-state index contributed by atoms with van der Waals surface area (Å²) in [4.78, 5) is 10.8. The van der Waals surface area contributed by atoms with Gasteiger partial charge in [0.1, 0.15) is 0 Å². The highest BCUT2D eigenvalue weighted by molar-refractivity contribution is 7.91. The van der Waals surface area contributed by atoms with E-state index in [4.69, 9.17) is 10.2 Å². The lowest BCUT2D eigenvalue weighted by Gasteiger charge is -2.05. The molecule has 1 aromatic rings. The fourth-order valence-corrected chi connectivity index (χ4v) is 2.93. The molecule has 0 fully saturated rings. The maximum Gasteiger partial charge on any atom is 0.335 e. The van der Waals surface area contributed by atoms with Crippen LogP contribution < -0.4 is 0 Å². The number of unbranched alkanes of at least 4 members (excludes halogenated alkanes) is 2. The van der Waals surface area contributed by atoms with Gasteiger partial charge in [0.25, 0.3) is 0 Å². The molecule has 0 heterocycles. The summed E-state index contributed by atoms with van der Waals surface area (Å²) >= 11 is 0. The minimum absolute atomic E-state index is 0.0317. The average molecular weight is 272 g/mol. The van der Waals surface area contributed by atoms with Crippen molar-refractivity contribution in [2.75, 3.05) is 12.4 Å². The zero-order valence-corrected chi connectivity index (χ0v) is 10.7. The van der Waals surface area contributed by atoms with Crippen molar-refractivity contribution in [2.45, 2.75) is 24.2 Å². The largest absolute Gasteiger partial charge is 0.478 e. The van der Waals surface area contributed by atoms with Crippen molar-refractivity contribution in [3.05, 3.63) is 29.8 Å². The predicted molar refractivity (Wildman–Crippen MR) is 66.4 cm³/mol. The molecule has 0 bridgehead atoms. The summed E-state index contributed by atoms with van der Waals surface area (Å²) in [6.45, 7) is 0.0501. The van der Waals surface area contributed by atoms with Gasteiger partial charge in [0.15, 0.2) is 9.84 Å². The Bertz CT molecular complexity index is 507. The highest BCUT2D eigenvalue weighted by Gasteiger charge is 2.15. The number of aliphatic hydroxyl groups excluding tert-OH is 1. The molecule has 2 N–H and O–H groups in total. The van der Waals surface area contributed by atoms with Gasteiger partial charge in [-0.05, 0) is 31.0 Å². The molecule has 0 radical (unpaired) electrons. The third-order valence-electron chi connectivity index (χ3n) is 2.51. The van der Waals surface area contributed by atoms with Crippen molar-refractivity contribution in [1.82, 2.24) is 0 Å². The normalized spacial score (nSPS) is 11.4. The third kappa shape index (κ3) is 4.12. The number of carboxylic acid groups (broad SMARTS) is 1. The highest BCUT2D eigenvalue weighted by atomic mass is 32.2. The Hall–Kier alpha value is -1.40. The van der Waals surface area contributed by atoms with Crippen LogP contribution in [-0.4, -0.2) is 37.0 Å². The summed E-state index contributed by atoms with van der Waals surface area (Å²) in [5.74, 6) is -1.18. The summed E-state index contributed by atoms with van der Waals surface area (Å²) < 4.78 is 23.8. The molecular weight excluding hydrogens is 256 g/mol. The Morgan fingerprint density at radius 2 is 1.89 bits per heavy atom. The van der Waals surface area contributed by atoms with E-state index in [-0.39, 0.29) is 22.8 Å². The molecule has 0 aliphatic rings. The first-order valence-corrected chi connectivity index (χ1v) is 7.29. The molecule has 0 saturated carbocycles. The molecule has 0 unspecified atom stereocenters. The Balaban J connectivity index is 2.78. The standard InChI is InChI=1S/C12H16O5S/c13-7-2-1-3-8-18(16,17)11-6-4-5-10(9-11)12(14)15/h4-6,9,13H,1-3,7-8H2,(H,14,15). The minimum Gasteiger partial charge on any atom is -0.478 e. The van der Waals surface area contributed by atoms with Gasteiger partial charge in [-0.3, -0.25) is 0 Å². The van der Waals surface area contributed by atoms with E-state index in [1.54, 1.807) is 0 Å². The monoisotopic (exact) mass is 272 g/mol. The first-order chi connectivity index (χ1) is 8.47. The number of benzene rings is 1. The van der Waals surface area contributed by atoms with Gasteiger partial charge in [0.2, 0.25) is 0 Å². The number of sulfone groups is 1. The second kappa shape index (κ2) is 6.51. The molecule has 0 spiro atoms. The number of carbonyl (C=O) groups is 1. The second-order valence-corrected chi connectivity index (χ2v) is 6.05. The molecule has 0 aliphatic carbocycles. The van der Waals surface area contributed by atoms with Crippen molar-refractivity contribution < 1.29 is 23.4 Å². The van der Waals surface area contributed by atoms with E-state index in [0.29, 0.717) is 19.3 Å². The van der Waals surface area contributed by atoms with Gasteiger partial charge >= 0.3 is 5.97 Å². The van der Waals surface area contributed by atoms with Gasteiger partial charge in [0.05, 0.1) is 16.2 Å². The van der Waals surface area contributed by atoms with Crippen molar-refractivity contribution >= 4 is 15.8 Å². The van der Waals surface area contributed by atoms with E-state index in [0.717, 1.165) is 0 Å². The predicted octanol–water partition coefficient (Wildman–Crippen LogP) is 1.32. The summed E-state index contributed by atoms with van der Waals surface area (Å²) in [6, 6.07) is 5.34. The van der Waals surface area contributed by atoms with Crippen LogP contribution in [0.4, 0.5) is 0 Å². The van der Waals surface area contributed by atoms with E-state index in [9.17, 15) is 13.2 Å². The lowest BCUT2D eigenvalue weighted by molar-refractivity contribution is 0.0696. The van der Waals surface area contributed by atoms with Gasteiger partial charge in [0, 0.05) is 6.61 Å². The fourth-order valence-electron chi connectivity index (χ4n) is 1.52. The average Bonchev–Trinajstić information content (AvgIpc) is 2.35. The lowest BCUT2D eigenvalue weighted by Crippen LogP contribution is -2.08. The minimum atomic E-state index is -3.44. The lowest BCUT2D eigenvalue weighted by atomic mass is 10.2. The number of aliphatic hydroxyl groups is 1. The zero-order chi connectivity index (χ0) is 13.6. The Kier molecular flexibility index (Phi) is 5.30. The molecule has 0 atom stereocenters. The quantitative estimate of drug-likeness (QED) is 0.730. The van der Waals surface area contributed by atoms with Crippen LogP contribution in [0.1, 0.15) is 29.6 Å². The van der Waals surface area contributed by atoms with Crippen molar-refractivity contribution in [2.24, 2.45) is 0 Å². The molecule has 0 aliphatic heterocycles. The van der Waals surface area contributed by atoms with Crippen LogP contribution in [0, 0.1) is 0 Å². The molecule has 18 heavy (non-hydrogen) atoms. The van der Waals surface area contributed by atoms with Crippen LogP contribution in [0.25, 0.3) is 0 Å². The summed E-state index contributed by atoms with van der Waals surface area (Å²) in [6.07, 6.45) is 1.67. The van der Waals surface area contributed by atoms with Gasteiger partial charge in [-0.1, -0.05) is 12.5 Å². The number of aromatic carboxylic acids is 1. The Morgan fingerprint density at radius 3 is 2.50 bits per heavy atom. The zero-order valence-electron chi connectivity index (χ0n) is 9.87. The van der Waals surface area contributed by atoms with Crippen molar-refractivity contribution in [3.63, 3.8) is 0 Å². The fraction of sp³-hybridized carbons (Fsp3) is 0.417. The Morgan fingerprint density at radius 1 is 1.17 bits per heavy atom. The Labute approximate surface area is 106 Å². The number of hydrogen-bond donors (Lipinski definition) is 2. The topological polar surface area (TPSA) is 91.7 Å². The van der Waals surface area contributed by atoms with Crippen LogP contribution in [0.5, 0.6) is 0 Å². The molecule has 5 nitrogen and oxygen atoms in total. The molecule has 1 rings (SSSR count). The van der Waals surface area contributed by atoms with Crippen molar-refractivity contribution in [3.8, 4) is 0 Å². The van der Waals surface area contributed by atoms with E-state index >= 15 is 0 Å². The van der Waals surface area contributed by atoms with E-state index < -0.39 is 15.8 Å². The smallest absolute Gasteiger partial charge is 0.335 e. The summed E-state index contributed by atoms with van der Waals surface area (Å²) in [5.41, 5.74) is -0.0357. The van der Waals surface area contributed by atoms with Gasteiger partial charge < -0.3 is 10.2 Å². The van der Waals surface area contributed by atoms with E-state index in [2.05, 4.69) is 0 Å². The van der Waals surface area contributed by atoms with Crippen LogP contribution in [-0.2, 0) is 9.84 Å². The number of rotatable bonds is 7. The molecule has 0 aromatic heterocycles. The first kappa shape index (κ1) is 14.7.